The number of amides is 1. The average Bonchev–Trinajstić information content (AvgIpc) is 3.51. The van der Waals surface area contributed by atoms with Crippen molar-refractivity contribution in [2.45, 2.75) is 19.9 Å². The number of para-hydroxylation sites is 1. The number of halogens is 1. The number of aryl methyl sites for hydroxylation is 1. The van der Waals surface area contributed by atoms with E-state index in [1.165, 1.54) is 23.5 Å². The summed E-state index contributed by atoms with van der Waals surface area (Å²) in [5.41, 5.74) is 2.39. The molecule has 0 aliphatic carbocycles. The van der Waals surface area contributed by atoms with E-state index in [1.807, 2.05) is 54.8 Å². The molecule has 0 saturated carbocycles. The molecule has 2 heterocycles. The van der Waals surface area contributed by atoms with Crippen LogP contribution in [0.2, 0.25) is 0 Å². The zero-order valence-corrected chi connectivity index (χ0v) is 19.9. The van der Waals surface area contributed by atoms with Crippen LogP contribution in [0.1, 0.15) is 27.9 Å². The molecule has 4 rings (SSSR count). The van der Waals surface area contributed by atoms with Gasteiger partial charge in [0.25, 0.3) is 5.91 Å². The molecule has 8 heteroatoms. The summed E-state index contributed by atoms with van der Waals surface area (Å²) in [5.74, 6) is 0.331. The van der Waals surface area contributed by atoms with Crippen LogP contribution in [0.5, 0.6) is 11.6 Å². The summed E-state index contributed by atoms with van der Waals surface area (Å²) in [6, 6.07) is 19.3. The van der Waals surface area contributed by atoms with Crippen molar-refractivity contribution in [3.05, 3.63) is 94.1 Å². The Hall–Kier alpha value is -3.49. The molecule has 4 aromatic rings. The number of carbonyl (C=O) groups excluding carboxylic acids is 1. The standard InChI is InChI=1S/C26H26FN3O3S/c1-3-23-22(18-29(14-15-32-2)25(31)24-13-8-16-34-24)26(33-21-12-7-9-19(27)17-21)30(28-23)20-10-5-4-6-11-20/h4-13,16-17H,3,14-15,18H2,1-2H3. The van der Waals surface area contributed by atoms with Gasteiger partial charge in [-0.2, -0.15) is 5.10 Å². The number of hydrogen-bond acceptors (Lipinski definition) is 5. The fraction of sp³-hybridized carbons (Fsp3) is 0.231. The molecule has 0 aliphatic heterocycles. The molecule has 34 heavy (non-hydrogen) atoms. The monoisotopic (exact) mass is 479 g/mol. The molecule has 0 aliphatic rings. The van der Waals surface area contributed by atoms with Gasteiger partial charge in [0.15, 0.2) is 0 Å². The minimum atomic E-state index is -0.393. The third-order valence-electron chi connectivity index (χ3n) is 5.30. The fourth-order valence-electron chi connectivity index (χ4n) is 3.61. The second kappa shape index (κ2) is 11.1. The zero-order valence-electron chi connectivity index (χ0n) is 19.1. The number of ether oxygens (including phenoxy) is 2. The maximum atomic E-state index is 13.9. The first-order valence-electron chi connectivity index (χ1n) is 11.0. The Kier molecular flexibility index (Phi) is 7.72. The predicted octanol–water partition coefficient (Wildman–Crippen LogP) is 5.72. The van der Waals surface area contributed by atoms with E-state index in [-0.39, 0.29) is 12.5 Å². The Morgan fingerprint density at radius 3 is 2.62 bits per heavy atom. The van der Waals surface area contributed by atoms with Crippen LogP contribution in [0.3, 0.4) is 0 Å². The molecule has 0 bridgehead atoms. The van der Waals surface area contributed by atoms with Crippen LogP contribution in [0.25, 0.3) is 5.69 Å². The average molecular weight is 480 g/mol. The van der Waals surface area contributed by atoms with Crippen molar-refractivity contribution in [3.63, 3.8) is 0 Å². The molecule has 0 N–H and O–H groups in total. The molecular formula is C26H26FN3O3S. The van der Waals surface area contributed by atoms with Crippen LogP contribution in [0.15, 0.2) is 72.1 Å². The molecule has 0 atom stereocenters. The maximum Gasteiger partial charge on any atom is 0.264 e. The molecule has 0 fully saturated rings. The van der Waals surface area contributed by atoms with Crippen LogP contribution in [0, 0.1) is 5.82 Å². The summed E-state index contributed by atoms with van der Waals surface area (Å²) in [4.78, 5) is 15.7. The second-order valence-corrected chi connectivity index (χ2v) is 8.54. The summed E-state index contributed by atoms with van der Waals surface area (Å²) in [6.45, 7) is 3.09. The lowest BCUT2D eigenvalue weighted by Crippen LogP contribution is -2.33. The molecule has 6 nitrogen and oxygen atoms in total. The highest BCUT2D eigenvalue weighted by molar-refractivity contribution is 7.12. The molecule has 0 spiro atoms. The summed E-state index contributed by atoms with van der Waals surface area (Å²) in [7, 11) is 1.61. The Morgan fingerprint density at radius 2 is 1.94 bits per heavy atom. The van der Waals surface area contributed by atoms with Crippen LogP contribution in [-0.4, -0.2) is 40.8 Å². The van der Waals surface area contributed by atoms with Crippen molar-refractivity contribution in [1.82, 2.24) is 14.7 Å². The lowest BCUT2D eigenvalue weighted by molar-refractivity contribution is 0.0683. The minimum absolute atomic E-state index is 0.0849. The van der Waals surface area contributed by atoms with Gasteiger partial charge in [-0.25, -0.2) is 9.07 Å². The highest BCUT2D eigenvalue weighted by atomic mass is 32.1. The van der Waals surface area contributed by atoms with Gasteiger partial charge in [-0.3, -0.25) is 4.79 Å². The van der Waals surface area contributed by atoms with Gasteiger partial charge in [-0.05, 0) is 42.1 Å². The second-order valence-electron chi connectivity index (χ2n) is 7.59. The quantitative estimate of drug-likeness (QED) is 0.292. The first kappa shape index (κ1) is 23.7. The van der Waals surface area contributed by atoms with Gasteiger partial charge < -0.3 is 14.4 Å². The van der Waals surface area contributed by atoms with E-state index in [0.717, 1.165) is 16.9 Å². The van der Waals surface area contributed by atoms with Gasteiger partial charge in [-0.15, -0.1) is 11.3 Å². The number of carbonyl (C=O) groups is 1. The summed E-state index contributed by atoms with van der Waals surface area (Å²) in [5, 5.41) is 6.68. The Balaban J connectivity index is 1.79. The van der Waals surface area contributed by atoms with E-state index in [4.69, 9.17) is 14.6 Å². The molecule has 0 unspecified atom stereocenters. The number of benzene rings is 2. The number of nitrogens with zero attached hydrogens (tertiary/aromatic N) is 3. The molecule has 176 valence electrons. The number of aromatic nitrogens is 2. The lowest BCUT2D eigenvalue weighted by atomic mass is 10.1. The van der Waals surface area contributed by atoms with Crippen LogP contribution in [0.4, 0.5) is 4.39 Å². The molecule has 0 radical (unpaired) electrons. The Labute approximate surface area is 202 Å². The number of rotatable bonds is 10. The van der Waals surface area contributed by atoms with E-state index in [1.54, 1.807) is 28.8 Å². The van der Waals surface area contributed by atoms with Gasteiger partial charge in [-0.1, -0.05) is 37.3 Å². The first-order valence-corrected chi connectivity index (χ1v) is 11.9. The van der Waals surface area contributed by atoms with Gasteiger partial charge in [0.2, 0.25) is 5.88 Å². The van der Waals surface area contributed by atoms with Crippen LogP contribution >= 0.6 is 11.3 Å². The van der Waals surface area contributed by atoms with E-state index in [0.29, 0.717) is 36.1 Å². The van der Waals surface area contributed by atoms with Crippen molar-refractivity contribution in [3.8, 4) is 17.3 Å². The van der Waals surface area contributed by atoms with Crippen molar-refractivity contribution in [1.29, 1.82) is 0 Å². The third-order valence-corrected chi connectivity index (χ3v) is 6.16. The molecule has 0 saturated heterocycles. The van der Waals surface area contributed by atoms with E-state index in [9.17, 15) is 9.18 Å². The van der Waals surface area contributed by atoms with Gasteiger partial charge in [0.1, 0.15) is 11.6 Å². The Bertz CT molecular complexity index is 1230. The summed E-state index contributed by atoms with van der Waals surface area (Å²) < 4.78 is 27.1. The third kappa shape index (κ3) is 5.35. The van der Waals surface area contributed by atoms with Gasteiger partial charge in [0, 0.05) is 19.7 Å². The number of thiophene rings is 1. The van der Waals surface area contributed by atoms with E-state index >= 15 is 0 Å². The predicted molar refractivity (Wildman–Crippen MR) is 130 cm³/mol. The minimum Gasteiger partial charge on any atom is -0.438 e. The highest BCUT2D eigenvalue weighted by Crippen LogP contribution is 2.33. The SMILES string of the molecule is CCc1nn(-c2ccccc2)c(Oc2cccc(F)c2)c1CN(CCOC)C(=O)c1cccs1. The zero-order chi connectivity index (χ0) is 23.9. The Morgan fingerprint density at radius 1 is 1.12 bits per heavy atom. The lowest BCUT2D eigenvalue weighted by Gasteiger charge is -2.22. The summed E-state index contributed by atoms with van der Waals surface area (Å²) >= 11 is 1.40. The van der Waals surface area contributed by atoms with Crippen LogP contribution in [-0.2, 0) is 17.7 Å². The normalized spacial score (nSPS) is 10.9. The van der Waals surface area contributed by atoms with Crippen LogP contribution < -0.4 is 4.74 Å². The largest absolute Gasteiger partial charge is 0.438 e. The topological polar surface area (TPSA) is 56.6 Å². The number of hydrogen-bond donors (Lipinski definition) is 0. The fourth-order valence-corrected chi connectivity index (χ4v) is 4.30. The maximum absolute atomic E-state index is 13.9. The van der Waals surface area contributed by atoms with E-state index in [2.05, 4.69) is 0 Å². The first-order chi connectivity index (χ1) is 16.6. The van der Waals surface area contributed by atoms with Crippen molar-refractivity contribution < 1.29 is 18.7 Å². The van der Waals surface area contributed by atoms with Gasteiger partial charge in [0.05, 0.1) is 35.0 Å². The van der Waals surface area contributed by atoms with Crippen molar-refractivity contribution >= 4 is 17.2 Å². The van der Waals surface area contributed by atoms with Crippen molar-refractivity contribution in [2.75, 3.05) is 20.3 Å². The molecule has 2 aromatic heterocycles. The van der Waals surface area contributed by atoms with E-state index < -0.39 is 5.82 Å². The molecule has 2 aromatic carbocycles. The van der Waals surface area contributed by atoms with Crippen molar-refractivity contribution in [2.24, 2.45) is 0 Å². The van der Waals surface area contributed by atoms with Gasteiger partial charge >= 0.3 is 0 Å². The molecule has 1 amide bonds. The molecular weight excluding hydrogens is 453 g/mol. The number of methoxy groups -OCH3 is 1. The summed E-state index contributed by atoms with van der Waals surface area (Å²) in [6.07, 6.45) is 0.639. The highest BCUT2D eigenvalue weighted by Gasteiger charge is 2.25. The smallest absolute Gasteiger partial charge is 0.264 e.